The zero-order valence-electron chi connectivity index (χ0n) is 12.1. The van der Waals surface area contributed by atoms with Crippen LogP contribution in [0.4, 0.5) is 18.9 Å². The van der Waals surface area contributed by atoms with Crippen LogP contribution >= 0.6 is 27.3 Å². The third-order valence-corrected chi connectivity index (χ3v) is 4.52. The van der Waals surface area contributed by atoms with E-state index < -0.39 is 41.0 Å². The Morgan fingerprint density at radius 3 is 2.46 bits per heavy atom. The van der Waals surface area contributed by atoms with Crippen molar-refractivity contribution in [1.29, 1.82) is 0 Å². The Labute approximate surface area is 147 Å². The molecule has 128 valence electrons. The van der Waals surface area contributed by atoms with Crippen LogP contribution in [-0.2, 0) is 4.79 Å². The van der Waals surface area contributed by atoms with E-state index in [1.54, 1.807) is 12.1 Å². The molecule has 1 aromatic heterocycles. The third kappa shape index (κ3) is 4.26. The Morgan fingerprint density at radius 1 is 1.12 bits per heavy atom. The molecule has 1 aromatic carbocycles. The highest BCUT2D eigenvalue weighted by molar-refractivity contribution is 9.11. The summed E-state index contributed by atoms with van der Waals surface area (Å²) < 4.78 is 40.1. The fourth-order valence-electron chi connectivity index (χ4n) is 1.63. The Morgan fingerprint density at radius 2 is 1.83 bits per heavy atom. The summed E-state index contributed by atoms with van der Waals surface area (Å²) in [6.07, 6.45) is 0. The minimum atomic E-state index is -1.65. The normalized spacial score (nSPS) is 11.7. The molecular formula is C14H11BrF3N3O2S. The second kappa shape index (κ2) is 7.67. The molecule has 2 rings (SSSR count). The number of hydrazine groups is 1. The molecular weight excluding hydrogens is 411 g/mol. The first kappa shape index (κ1) is 18.3. The van der Waals surface area contributed by atoms with Crippen molar-refractivity contribution < 1.29 is 22.8 Å². The van der Waals surface area contributed by atoms with Crippen LogP contribution < -0.4 is 16.2 Å². The first-order chi connectivity index (χ1) is 11.3. The molecule has 2 aromatic rings. The molecule has 0 saturated heterocycles. The molecule has 2 amide bonds. The number of halogens is 4. The third-order valence-electron chi connectivity index (χ3n) is 2.89. The minimum absolute atomic E-state index is 0.404. The van der Waals surface area contributed by atoms with Crippen molar-refractivity contribution in [3.05, 3.63) is 50.4 Å². The van der Waals surface area contributed by atoms with Gasteiger partial charge in [0.2, 0.25) is 0 Å². The molecule has 0 aliphatic carbocycles. The lowest BCUT2D eigenvalue weighted by atomic mass is 10.3. The summed E-state index contributed by atoms with van der Waals surface area (Å²) in [5.74, 6) is -5.60. The number of hydrogen-bond acceptors (Lipinski definition) is 4. The van der Waals surface area contributed by atoms with Crippen molar-refractivity contribution >= 4 is 44.8 Å². The SMILES string of the molecule is CC(NC(=O)c1ccc(Br)s1)C(=O)NNc1ccc(F)c(F)c1F. The van der Waals surface area contributed by atoms with E-state index in [-0.39, 0.29) is 0 Å². The minimum Gasteiger partial charge on any atom is -0.340 e. The van der Waals surface area contributed by atoms with E-state index in [1.807, 2.05) is 0 Å². The molecule has 3 N–H and O–H groups in total. The van der Waals surface area contributed by atoms with E-state index in [4.69, 9.17) is 0 Å². The number of carbonyl (C=O) groups excluding carboxylic acids is 2. The predicted molar refractivity (Wildman–Crippen MR) is 87.0 cm³/mol. The molecule has 0 fully saturated rings. The van der Waals surface area contributed by atoms with Crippen molar-refractivity contribution in [2.24, 2.45) is 0 Å². The number of nitrogens with one attached hydrogen (secondary N) is 3. The van der Waals surface area contributed by atoms with E-state index in [9.17, 15) is 22.8 Å². The van der Waals surface area contributed by atoms with Gasteiger partial charge in [0.1, 0.15) is 6.04 Å². The molecule has 5 nitrogen and oxygen atoms in total. The standard InChI is InChI=1S/C14H11BrF3N3O2S/c1-6(19-14(23)9-4-5-10(15)24-9)13(22)21-20-8-3-2-7(16)11(17)12(8)18/h2-6,20H,1H3,(H,19,23)(H,21,22). The van der Waals surface area contributed by atoms with Gasteiger partial charge >= 0.3 is 0 Å². The van der Waals surface area contributed by atoms with Gasteiger partial charge in [-0.1, -0.05) is 0 Å². The molecule has 0 radical (unpaired) electrons. The quantitative estimate of drug-likeness (QED) is 0.512. The highest BCUT2D eigenvalue weighted by Crippen LogP contribution is 2.22. The van der Waals surface area contributed by atoms with Gasteiger partial charge < -0.3 is 5.32 Å². The molecule has 0 spiro atoms. The summed E-state index contributed by atoms with van der Waals surface area (Å²) in [7, 11) is 0. The number of thiophene rings is 1. The van der Waals surface area contributed by atoms with Crippen LogP contribution in [0.15, 0.2) is 28.1 Å². The fourth-order valence-corrected chi connectivity index (χ4v) is 2.92. The zero-order valence-corrected chi connectivity index (χ0v) is 14.5. The highest BCUT2D eigenvalue weighted by atomic mass is 79.9. The van der Waals surface area contributed by atoms with E-state index in [0.717, 1.165) is 9.85 Å². The maximum Gasteiger partial charge on any atom is 0.262 e. The van der Waals surface area contributed by atoms with Gasteiger partial charge in [0.15, 0.2) is 17.5 Å². The van der Waals surface area contributed by atoms with Gasteiger partial charge in [0.05, 0.1) is 14.4 Å². The van der Waals surface area contributed by atoms with Crippen LogP contribution in [0.2, 0.25) is 0 Å². The lowest BCUT2D eigenvalue weighted by Crippen LogP contribution is -2.46. The average Bonchev–Trinajstić information content (AvgIpc) is 2.98. The summed E-state index contributed by atoms with van der Waals surface area (Å²) in [6.45, 7) is 1.42. The molecule has 24 heavy (non-hydrogen) atoms. The van der Waals surface area contributed by atoms with Gasteiger partial charge in [-0.25, -0.2) is 13.2 Å². The number of carbonyl (C=O) groups is 2. The molecule has 1 heterocycles. The van der Waals surface area contributed by atoms with Gasteiger partial charge in [-0.05, 0) is 47.1 Å². The Balaban J connectivity index is 1.92. The van der Waals surface area contributed by atoms with Crippen LogP contribution in [0, 0.1) is 17.5 Å². The fraction of sp³-hybridized carbons (Fsp3) is 0.143. The van der Waals surface area contributed by atoms with Crippen LogP contribution in [0.25, 0.3) is 0 Å². The van der Waals surface area contributed by atoms with E-state index in [1.165, 1.54) is 18.3 Å². The monoisotopic (exact) mass is 421 g/mol. The molecule has 1 unspecified atom stereocenters. The predicted octanol–water partition coefficient (Wildman–Crippen LogP) is 3.19. The largest absolute Gasteiger partial charge is 0.340 e. The van der Waals surface area contributed by atoms with Crippen molar-refractivity contribution in [3.63, 3.8) is 0 Å². The van der Waals surface area contributed by atoms with Crippen molar-refractivity contribution in [3.8, 4) is 0 Å². The second-order valence-corrected chi connectivity index (χ2v) is 7.10. The second-order valence-electron chi connectivity index (χ2n) is 4.64. The van der Waals surface area contributed by atoms with Crippen LogP contribution in [0.5, 0.6) is 0 Å². The molecule has 0 saturated carbocycles. The molecule has 0 aliphatic rings. The highest BCUT2D eigenvalue weighted by Gasteiger charge is 2.19. The average molecular weight is 422 g/mol. The Bertz CT molecular complexity index is 785. The molecule has 0 aliphatic heterocycles. The Hall–Kier alpha value is -2.07. The zero-order chi connectivity index (χ0) is 17.9. The van der Waals surface area contributed by atoms with Crippen molar-refractivity contribution in [2.45, 2.75) is 13.0 Å². The summed E-state index contributed by atoms with van der Waals surface area (Å²) in [5.41, 5.74) is 3.81. The van der Waals surface area contributed by atoms with Crippen molar-refractivity contribution in [1.82, 2.24) is 10.7 Å². The molecule has 10 heteroatoms. The van der Waals surface area contributed by atoms with Crippen LogP contribution in [0.3, 0.4) is 0 Å². The Kier molecular flexibility index (Phi) is 5.84. The van der Waals surface area contributed by atoms with Crippen LogP contribution in [0.1, 0.15) is 16.6 Å². The maximum atomic E-state index is 13.4. The summed E-state index contributed by atoms with van der Waals surface area (Å²) in [5, 5.41) is 2.45. The summed E-state index contributed by atoms with van der Waals surface area (Å²) >= 11 is 4.42. The van der Waals surface area contributed by atoms with Gasteiger partial charge in [0, 0.05) is 0 Å². The lowest BCUT2D eigenvalue weighted by Gasteiger charge is -2.15. The number of anilines is 1. The van der Waals surface area contributed by atoms with Gasteiger partial charge in [-0.2, -0.15) is 0 Å². The topological polar surface area (TPSA) is 70.2 Å². The van der Waals surface area contributed by atoms with E-state index in [2.05, 4.69) is 32.1 Å². The van der Waals surface area contributed by atoms with E-state index >= 15 is 0 Å². The number of hydrogen-bond donors (Lipinski definition) is 3. The first-order valence-electron chi connectivity index (χ1n) is 6.55. The van der Waals surface area contributed by atoms with Gasteiger partial charge in [-0.15, -0.1) is 11.3 Å². The van der Waals surface area contributed by atoms with Gasteiger partial charge in [-0.3, -0.25) is 20.4 Å². The first-order valence-corrected chi connectivity index (χ1v) is 8.16. The number of rotatable bonds is 5. The lowest BCUT2D eigenvalue weighted by molar-refractivity contribution is -0.122. The number of benzene rings is 1. The van der Waals surface area contributed by atoms with E-state index in [0.29, 0.717) is 10.9 Å². The summed E-state index contributed by atoms with van der Waals surface area (Å²) in [4.78, 5) is 24.2. The smallest absolute Gasteiger partial charge is 0.262 e. The number of amides is 2. The molecule has 1 atom stereocenters. The van der Waals surface area contributed by atoms with Crippen LogP contribution in [-0.4, -0.2) is 17.9 Å². The maximum absolute atomic E-state index is 13.4. The molecule has 0 bridgehead atoms. The van der Waals surface area contributed by atoms with Gasteiger partial charge in [0.25, 0.3) is 11.8 Å². The van der Waals surface area contributed by atoms with Crippen molar-refractivity contribution in [2.75, 3.05) is 5.43 Å². The summed E-state index contributed by atoms with van der Waals surface area (Å²) in [6, 6.07) is 3.98.